The van der Waals surface area contributed by atoms with Gasteiger partial charge in [0.05, 0.1) is 23.0 Å². The van der Waals surface area contributed by atoms with E-state index in [1.807, 2.05) is 6.07 Å². The highest BCUT2D eigenvalue weighted by Crippen LogP contribution is 2.28. The molecule has 0 saturated heterocycles. The summed E-state index contributed by atoms with van der Waals surface area (Å²) >= 11 is 3.40. The predicted octanol–water partition coefficient (Wildman–Crippen LogP) is 2.26. The zero-order chi connectivity index (χ0) is 11.4. The Kier molecular flexibility index (Phi) is 4.01. The van der Waals surface area contributed by atoms with Crippen LogP contribution in [0.15, 0.2) is 16.7 Å². The van der Waals surface area contributed by atoms with Gasteiger partial charge < -0.3 is 15.8 Å². The minimum Gasteiger partial charge on any atom is -0.397 e. The van der Waals surface area contributed by atoms with E-state index >= 15 is 0 Å². The number of hydrogen-bond donors (Lipinski definition) is 2. The molecule has 1 saturated carbocycles. The summed E-state index contributed by atoms with van der Waals surface area (Å²) in [6.45, 7) is 2.38. The Morgan fingerprint density at radius 2 is 2.38 bits per heavy atom. The summed E-state index contributed by atoms with van der Waals surface area (Å²) in [5.74, 6) is 1.63. The molecule has 3 N–H and O–H groups in total. The zero-order valence-electron chi connectivity index (χ0n) is 9.08. The van der Waals surface area contributed by atoms with Gasteiger partial charge in [0.1, 0.15) is 5.82 Å². The summed E-state index contributed by atoms with van der Waals surface area (Å²) in [4.78, 5) is 4.18. The van der Waals surface area contributed by atoms with Gasteiger partial charge in [-0.3, -0.25) is 0 Å². The van der Waals surface area contributed by atoms with Gasteiger partial charge >= 0.3 is 0 Å². The molecule has 1 heterocycles. The summed E-state index contributed by atoms with van der Waals surface area (Å²) in [5.41, 5.74) is 6.25. The van der Waals surface area contributed by atoms with Gasteiger partial charge in [-0.15, -0.1) is 0 Å². The molecule has 0 amide bonds. The first-order chi connectivity index (χ1) is 7.75. The molecule has 1 fully saturated rings. The second-order valence-corrected chi connectivity index (χ2v) is 4.90. The molecule has 4 nitrogen and oxygen atoms in total. The van der Waals surface area contributed by atoms with Gasteiger partial charge in [0, 0.05) is 13.2 Å². The van der Waals surface area contributed by atoms with Gasteiger partial charge in [0.25, 0.3) is 0 Å². The fraction of sp³-hybridized carbons (Fsp3) is 0.545. The molecule has 0 aliphatic heterocycles. The maximum atomic E-state index is 5.60. The van der Waals surface area contributed by atoms with Gasteiger partial charge in [0.2, 0.25) is 0 Å². The summed E-state index contributed by atoms with van der Waals surface area (Å²) < 4.78 is 6.40. The quantitative estimate of drug-likeness (QED) is 0.788. The average molecular weight is 286 g/mol. The first-order valence-corrected chi connectivity index (χ1v) is 6.27. The first-order valence-electron chi connectivity index (χ1n) is 5.48. The van der Waals surface area contributed by atoms with E-state index < -0.39 is 0 Å². The Hall–Kier alpha value is -0.810. The van der Waals surface area contributed by atoms with E-state index in [0.717, 1.165) is 36.0 Å². The number of anilines is 2. The maximum absolute atomic E-state index is 5.60. The largest absolute Gasteiger partial charge is 0.397 e. The van der Waals surface area contributed by atoms with E-state index in [1.54, 1.807) is 6.20 Å². The Balaban J connectivity index is 1.67. The molecule has 1 aliphatic carbocycles. The summed E-state index contributed by atoms with van der Waals surface area (Å²) in [6, 6.07) is 1.83. The number of nitrogens with one attached hydrogen (secondary N) is 1. The summed E-state index contributed by atoms with van der Waals surface area (Å²) in [7, 11) is 0. The number of pyridine rings is 1. The number of halogens is 1. The fourth-order valence-corrected chi connectivity index (χ4v) is 1.87. The van der Waals surface area contributed by atoms with E-state index in [9.17, 15) is 0 Å². The van der Waals surface area contributed by atoms with Gasteiger partial charge in [-0.2, -0.15) is 0 Å². The van der Waals surface area contributed by atoms with E-state index in [0.29, 0.717) is 5.69 Å². The molecule has 0 unspecified atom stereocenters. The van der Waals surface area contributed by atoms with Crippen LogP contribution in [0.25, 0.3) is 0 Å². The number of aromatic nitrogens is 1. The molecule has 16 heavy (non-hydrogen) atoms. The second-order valence-electron chi connectivity index (χ2n) is 4.04. The van der Waals surface area contributed by atoms with Crippen molar-refractivity contribution in [2.45, 2.75) is 12.8 Å². The van der Waals surface area contributed by atoms with Crippen molar-refractivity contribution < 1.29 is 4.74 Å². The minimum atomic E-state index is 0.655. The number of nitrogens with zero attached hydrogens (tertiary/aromatic N) is 1. The Morgan fingerprint density at radius 1 is 1.56 bits per heavy atom. The SMILES string of the molecule is Nc1cnc(NCCOCC2CC2)c(Br)c1. The van der Waals surface area contributed by atoms with Gasteiger partial charge in [0.15, 0.2) is 0 Å². The van der Waals surface area contributed by atoms with Gasteiger partial charge in [-0.25, -0.2) is 4.98 Å². The summed E-state index contributed by atoms with van der Waals surface area (Å²) in [6.07, 6.45) is 4.30. The van der Waals surface area contributed by atoms with E-state index in [-0.39, 0.29) is 0 Å². The monoisotopic (exact) mass is 285 g/mol. The number of nitrogen functional groups attached to an aromatic ring is 1. The van der Waals surface area contributed by atoms with Crippen LogP contribution in [0.5, 0.6) is 0 Å². The van der Waals surface area contributed by atoms with Crippen LogP contribution in [-0.4, -0.2) is 24.7 Å². The molecule has 0 aromatic carbocycles. The molecule has 88 valence electrons. The van der Waals surface area contributed by atoms with Crippen molar-refractivity contribution in [1.82, 2.24) is 4.98 Å². The number of nitrogens with two attached hydrogens (primary N) is 1. The van der Waals surface area contributed by atoms with Gasteiger partial charge in [-0.1, -0.05) is 0 Å². The smallest absolute Gasteiger partial charge is 0.140 e. The van der Waals surface area contributed by atoms with Crippen LogP contribution in [0.4, 0.5) is 11.5 Å². The summed E-state index contributed by atoms with van der Waals surface area (Å²) in [5, 5.41) is 3.20. The second kappa shape index (κ2) is 5.50. The van der Waals surface area contributed by atoms with E-state index in [1.165, 1.54) is 12.8 Å². The molecule has 0 radical (unpaired) electrons. The molecular formula is C11H16BrN3O. The minimum absolute atomic E-state index is 0.655. The zero-order valence-corrected chi connectivity index (χ0v) is 10.7. The topological polar surface area (TPSA) is 60.2 Å². The molecule has 5 heteroatoms. The highest BCUT2D eigenvalue weighted by molar-refractivity contribution is 9.10. The van der Waals surface area contributed by atoms with Crippen LogP contribution < -0.4 is 11.1 Å². The number of ether oxygens (including phenoxy) is 1. The van der Waals surface area contributed by atoms with Gasteiger partial charge in [-0.05, 0) is 40.8 Å². The first kappa shape index (κ1) is 11.7. The Labute approximate surface area is 104 Å². The van der Waals surface area contributed by atoms with E-state index in [2.05, 4.69) is 26.2 Å². The van der Waals surface area contributed by atoms with Crippen LogP contribution in [0.3, 0.4) is 0 Å². The van der Waals surface area contributed by atoms with Crippen LogP contribution >= 0.6 is 15.9 Å². The third-order valence-electron chi connectivity index (χ3n) is 2.45. The molecule has 0 spiro atoms. The highest BCUT2D eigenvalue weighted by Gasteiger charge is 2.20. The lowest BCUT2D eigenvalue weighted by Gasteiger charge is -2.08. The lowest BCUT2D eigenvalue weighted by molar-refractivity contribution is 0.134. The van der Waals surface area contributed by atoms with Crippen molar-refractivity contribution in [3.8, 4) is 0 Å². The highest BCUT2D eigenvalue weighted by atomic mass is 79.9. The number of hydrogen-bond acceptors (Lipinski definition) is 4. The van der Waals surface area contributed by atoms with Crippen molar-refractivity contribution in [3.63, 3.8) is 0 Å². The molecule has 0 bridgehead atoms. The maximum Gasteiger partial charge on any atom is 0.140 e. The average Bonchev–Trinajstić information content (AvgIpc) is 3.04. The Morgan fingerprint density at radius 3 is 3.06 bits per heavy atom. The van der Waals surface area contributed by atoms with Crippen molar-refractivity contribution >= 4 is 27.4 Å². The number of rotatable bonds is 6. The lowest BCUT2D eigenvalue weighted by atomic mass is 10.4. The molecule has 0 atom stereocenters. The normalized spacial score (nSPS) is 15.1. The van der Waals surface area contributed by atoms with Crippen molar-refractivity contribution in [2.75, 3.05) is 30.8 Å². The van der Waals surface area contributed by atoms with Crippen LogP contribution in [0.2, 0.25) is 0 Å². The van der Waals surface area contributed by atoms with E-state index in [4.69, 9.17) is 10.5 Å². The predicted molar refractivity (Wildman–Crippen MR) is 68.4 cm³/mol. The third-order valence-corrected chi connectivity index (χ3v) is 3.06. The molecule has 1 aromatic rings. The Bertz CT molecular complexity index is 355. The molecule has 1 aromatic heterocycles. The standard InChI is InChI=1S/C11H16BrN3O/c12-10-5-9(13)6-15-11(10)14-3-4-16-7-8-1-2-8/h5-6,8H,1-4,7,13H2,(H,14,15). The van der Waals surface area contributed by atoms with Crippen LogP contribution in [0, 0.1) is 5.92 Å². The van der Waals surface area contributed by atoms with Crippen molar-refractivity contribution in [2.24, 2.45) is 5.92 Å². The van der Waals surface area contributed by atoms with Crippen molar-refractivity contribution in [1.29, 1.82) is 0 Å². The van der Waals surface area contributed by atoms with Crippen molar-refractivity contribution in [3.05, 3.63) is 16.7 Å². The lowest BCUT2D eigenvalue weighted by Crippen LogP contribution is -2.12. The molecular weight excluding hydrogens is 270 g/mol. The molecule has 1 aliphatic rings. The fourth-order valence-electron chi connectivity index (χ4n) is 1.36. The third kappa shape index (κ3) is 3.64. The molecule has 2 rings (SSSR count). The van der Waals surface area contributed by atoms with Crippen LogP contribution in [-0.2, 0) is 4.74 Å². The van der Waals surface area contributed by atoms with Crippen LogP contribution in [0.1, 0.15) is 12.8 Å².